The predicted molar refractivity (Wildman–Crippen MR) is 118 cm³/mol. The monoisotopic (exact) mass is 499 g/mol. The number of nitrogens with zero attached hydrogens (tertiary/aromatic N) is 1. The van der Waals surface area contributed by atoms with Crippen LogP contribution in [0.1, 0.15) is 44.6 Å². The summed E-state index contributed by atoms with van der Waals surface area (Å²) in [4.78, 5) is 4.65. The Hall–Kier alpha value is -0.240. The smallest absolute Gasteiger partial charge is 0.191 e. The molecule has 0 unspecified atom stereocenters. The number of rotatable bonds is 6. The van der Waals surface area contributed by atoms with Gasteiger partial charge in [-0.15, -0.1) is 24.0 Å². The quantitative estimate of drug-likeness (QED) is 0.235. The van der Waals surface area contributed by atoms with Crippen LogP contribution in [0.5, 0.6) is 0 Å². The Balaban J connectivity index is 0.00000312. The number of nitrogens with one attached hydrogen (secondary N) is 2. The molecule has 1 fully saturated rings. The van der Waals surface area contributed by atoms with Gasteiger partial charge in [-0.2, -0.15) is 0 Å². The Morgan fingerprint density at radius 1 is 1.24 bits per heavy atom. The Kier molecular flexibility index (Phi) is 11.1. The van der Waals surface area contributed by atoms with Crippen LogP contribution >= 0.6 is 47.2 Å². The summed E-state index contributed by atoms with van der Waals surface area (Å²) in [6, 6.07) is 6.03. The molecule has 0 radical (unpaired) electrons. The molecule has 0 heterocycles. The van der Waals surface area contributed by atoms with Crippen LogP contribution in [0.25, 0.3) is 0 Å². The lowest BCUT2D eigenvalue weighted by Gasteiger charge is -2.27. The van der Waals surface area contributed by atoms with Crippen LogP contribution < -0.4 is 10.6 Å². The van der Waals surface area contributed by atoms with Crippen molar-refractivity contribution < 1.29 is 5.11 Å². The van der Waals surface area contributed by atoms with Gasteiger partial charge >= 0.3 is 0 Å². The zero-order chi connectivity index (χ0) is 17.4. The highest BCUT2D eigenvalue weighted by molar-refractivity contribution is 14.0. The summed E-state index contributed by atoms with van der Waals surface area (Å²) in [5.74, 6) is 0.862. The number of aliphatic hydroxyl groups is 1. The fraction of sp³-hybridized carbons (Fsp3) is 0.611. The van der Waals surface area contributed by atoms with Crippen molar-refractivity contribution in [3.8, 4) is 0 Å². The third kappa shape index (κ3) is 8.33. The molecule has 0 bridgehead atoms. The lowest BCUT2D eigenvalue weighted by Crippen LogP contribution is -2.45. The van der Waals surface area contributed by atoms with E-state index in [9.17, 15) is 5.11 Å². The maximum atomic E-state index is 9.59. The van der Waals surface area contributed by atoms with E-state index in [1.54, 1.807) is 6.07 Å². The number of halogens is 3. The zero-order valence-electron chi connectivity index (χ0n) is 14.6. The van der Waals surface area contributed by atoms with Gasteiger partial charge < -0.3 is 15.7 Å². The van der Waals surface area contributed by atoms with Crippen LogP contribution in [0.2, 0.25) is 10.0 Å². The molecule has 1 saturated carbocycles. The number of aliphatic imine (C=N–C) groups is 1. The van der Waals surface area contributed by atoms with Crippen molar-refractivity contribution in [2.24, 2.45) is 4.99 Å². The minimum absolute atomic E-state index is 0. The molecule has 0 spiro atoms. The van der Waals surface area contributed by atoms with Gasteiger partial charge in [-0.1, -0.05) is 29.3 Å². The highest BCUT2D eigenvalue weighted by Gasteiger charge is 2.19. The van der Waals surface area contributed by atoms with Crippen molar-refractivity contribution in [1.82, 2.24) is 10.6 Å². The van der Waals surface area contributed by atoms with E-state index in [1.165, 1.54) is 0 Å². The Morgan fingerprint density at radius 3 is 2.60 bits per heavy atom. The fourth-order valence-electron chi connectivity index (χ4n) is 2.92. The lowest BCUT2D eigenvalue weighted by atomic mass is 9.93. The first-order valence-electron chi connectivity index (χ1n) is 8.75. The minimum atomic E-state index is -0.133. The number of benzene rings is 1. The maximum absolute atomic E-state index is 9.59. The van der Waals surface area contributed by atoms with E-state index in [4.69, 9.17) is 23.2 Å². The SMILES string of the molecule is CCNC(=NCCCc1ccc(Cl)cc1Cl)NC1CCC(O)CC1.I. The molecule has 0 aromatic heterocycles. The molecule has 1 aromatic carbocycles. The first kappa shape index (κ1) is 22.8. The van der Waals surface area contributed by atoms with Gasteiger partial charge in [0, 0.05) is 29.2 Å². The van der Waals surface area contributed by atoms with Crippen LogP contribution in [0, 0.1) is 0 Å². The Labute approximate surface area is 177 Å². The van der Waals surface area contributed by atoms with Crippen molar-refractivity contribution in [2.45, 2.75) is 57.6 Å². The van der Waals surface area contributed by atoms with Gasteiger partial charge in [0.15, 0.2) is 5.96 Å². The predicted octanol–water partition coefficient (Wildman–Crippen LogP) is 4.40. The van der Waals surface area contributed by atoms with Crippen LogP contribution in [-0.4, -0.2) is 36.3 Å². The van der Waals surface area contributed by atoms with Crippen LogP contribution in [0.3, 0.4) is 0 Å². The molecule has 2 rings (SSSR count). The molecule has 1 aliphatic carbocycles. The molecule has 0 amide bonds. The number of hydrogen-bond donors (Lipinski definition) is 3. The van der Waals surface area contributed by atoms with Crippen LogP contribution in [-0.2, 0) is 6.42 Å². The molecular formula is C18H28Cl2IN3O. The van der Waals surface area contributed by atoms with E-state index in [1.807, 2.05) is 12.1 Å². The zero-order valence-corrected chi connectivity index (χ0v) is 18.4. The third-order valence-electron chi connectivity index (χ3n) is 4.27. The molecule has 3 N–H and O–H groups in total. The van der Waals surface area contributed by atoms with Gasteiger partial charge in [-0.25, -0.2) is 0 Å². The van der Waals surface area contributed by atoms with Gasteiger partial charge in [-0.05, 0) is 63.1 Å². The van der Waals surface area contributed by atoms with Gasteiger partial charge in [0.25, 0.3) is 0 Å². The number of hydrogen-bond acceptors (Lipinski definition) is 2. The fourth-order valence-corrected chi connectivity index (χ4v) is 3.42. The molecule has 1 aromatic rings. The molecule has 7 heteroatoms. The second-order valence-corrected chi connectivity index (χ2v) is 7.09. The van der Waals surface area contributed by atoms with E-state index < -0.39 is 0 Å². The lowest BCUT2D eigenvalue weighted by molar-refractivity contribution is 0.120. The first-order chi connectivity index (χ1) is 11.6. The normalized spacial score (nSPS) is 20.7. The summed E-state index contributed by atoms with van der Waals surface area (Å²) in [5.41, 5.74) is 1.11. The summed E-state index contributed by atoms with van der Waals surface area (Å²) >= 11 is 12.1. The topological polar surface area (TPSA) is 56.7 Å². The van der Waals surface area contributed by atoms with Crippen LogP contribution in [0.4, 0.5) is 0 Å². The van der Waals surface area contributed by atoms with Crippen molar-refractivity contribution in [3.63, 3.8) is 0 Å². The van der Waals surface area contributed by atoms with Crippen molar-refractivity contribution in [2.75, 3.05) is 13.1 Å². The Bertz CT molecular complexity index is 549. The molecule has 0 atom stereocenters. The summed E-state index contributed by atoms with van der Waals surface area (Å²) in [6.07, 6.45) is 5.40. The van der Waals surface area contributed by atoms with Crippen molar-refractivity contribution in [3.05, 3.63) is 33.8 Å². The Morgan fingerprint density at radius 2 is 1.96 bits per heavy atom. The molecule has 1 aliphatic rings. The largest absolute Gasteiger partial charge is 0.393 e. The number of aryl methyl sites for hydroxylation is 1. The molecule has 25 heavy (non-hydrogen) atoms. The highest BCUT2D eigenvalue weighted by Crippen LogP contribution is 2.22. The van der Waals surface area contributed by atoms with Crippen molar-refractivity contribution >= 4 is 53.1 Å². The van der Waals surface area contributed by atoms with Gasteiger partial charge in [0.2, 0.25) is 0 Å². The van der Waals surface area contributed by atoms with Gasteiger partial charge in [0.1, 0.15) is 0 Å². The summed E-state index contributed by atoms with van der Waals surface area (Å²) in [7, 11) is 0. The molecule has 4 nitrogen and oxygen atoms in total. The molecular weight excluding hydrogens is 472 g/mol. The number of guanidine groups is 1. The van der Waals surface area contributed by atoms with Gasteiger partial charge in [0.05, 0.1) is 6.10 Å². The number of aliphatic hydroxyl groups excluding tert-OH is 1. The van der Waals surface area contributed by atoms with Crippen molar-refractivity contribution in [1.29, 1.82) is 0 Å². The van der Waals surface area contributed by atoms with E-state index in [-0.39, 0.29) is 30.1 Å². The highest BCUT2D eigenvalue weighted by atomic mass is 127. The van der Waals surface area contributed by atoms with E-state index in [0.717, 1.165) is 68.2 Å². The standard InChI is InChI=1S/C18H27Cl2N3O.HI/c1-2-21-18(23-15-7-9-16(24)10-8-15)22-11-3-4-13-5-6-14(19)12-17(13)20;/h5-6,12,15-16,24H,2-4,7-11H2,1H3,(H2,21,22,23);1H. The minimum Gasteiger partial charge on any atom is -0.393 e. The summed E-state index contributed by atoms with van der Waals surface area (Å²) < 4.78 is 0. The second kappa shape index (κ2) is 12.2. The van der Waals surface area contributed by atoms with Crippen LogP contribution in [0.15, 0.2) is 23.2 Å². The summed E-state index contributed by atoms with van der Waals surface area (Å²) in [6.45, 7) is 3.64. The average molecular weight is 500 g/mol. The van der Waals surface area contributed by atoms with Gasteiger partial charge in [-0.3, -0.25) is 4.99 Å². The maximum Gasteiger partial charge on any atom is 0.191 e. The molecule has 0 saturated heterocycles. The molecule has 142 valence electrons. The average Bonchev–Trinajstić information content (AvgIpc) is 2.55. The second-order valence-electron chi connectivity index (χ2n) is 6.25. The van der Waals surface area contributed by atoms with E-state index >= 15 is 0 Å². The molecule has 0 aliphatic heterocycles. The van der Waals surface area contributed by atoms with E-state index in [2.05, 4.69) is 22.5 Å². The van der Waals surface area contributed by atoms with E-state index in [0.29, 0.717) is 11.1 Å². The summed E-state index contributed by atoms with van der Waals surface area (Å²) in [5, 5.41) is 17.7. The third-order valence-corrected chi connectivity index (χ3v) is 4.86. The first-order valence-corrected chi connectivity index (χ1v) is 9.51.